The van der Waals surface area contributed by atoms with Gasteiger partial charge in [-0.25, -0.2) is 4.57 Å². The summed E-state index contributed by atoms with van der Waals surface area (Å²) in [6.45, 7) is 0. The number of rotatable bonds is 0. The average Bonchev–Trinajstić information content (AvgIpc) is 0.722. The van der Waals surface area contributed by atoms with Crippen molar-refractivity contribution in [3.8, 4) is 0 Å². The Morgan fingerprint density at radius 3 is 0.310 bits per heavy atom. The largest absolute Gasteiger partial charge is 0.466 e. The second-order valence-electron chi connectivity index (χ2n) is 0.513. The second kappa shape index (κ2) is 318. The maximum atomic E-state index is 8.88. The molecule has 0 aromatic heterocycles. The van der Waals surface area contributed by atoms with Crippen molar-refractivity contribution in [3.05, 3.63) is 0 Å². The van der Waals surface area contributed by atoms with Crippen LogP contribution in [0.5, 0.6) is 0 Å². The minimum atomic E-state index is -4.64. The SMILES string of the molecule is O.O.O.O.O.O.O.O.O.O.O.O.O.O.O.O.O.O.O=P(O)(O)O.[Hf].[Hf].[Hf].[Hf].[Hf].[OH3+]. The molecule has 0 spiro atoms. The van der Waals surface area contributed by atoms with Crippen LogP contribution >= 0.6 is 7.82 Å². The van der Waals surface area contributed by atoms with Crippen molar-refractivity contribution in [1.82, 2.24) is 0 Å². The van der Waals surface area contributed by atoms with Crippen molar-refractivity contribution in [2.45, 2.75) is 0 Å². The Balaban J connectivity index is -0.000000000290. The first-order valence-corrected chi connectivity index (χ1v) is 2.35. The predicted molar refractivity (Wildman–Crippen MR) is 84.2 cm³/mol. The van der Waals surface area contributed by atoms with Gasteiger partial charge in [-0.15, -0.1) is 0 Å². The molecule has 0 rings (SSSR count). The molecule has 0 amide bonds. The van der Waals surface area contributed by atoms with Gasteiger partial charge in [0.1, 0.15) is 0 Å². The van der Waals surface area contributed by atoms with E-state index in [0.717, 1.165) is 0 Å². The first kappa shape index (κ1) is 554. The fourth-order valence-electron chi connectivity index (χ4n) is 0. The molecule has 204 valence electrons. The smallest absolute Gasteiger partial charge is 0.457 e. The second-order valence-corrected chi connectivity index (χ2v) is 1.54. The number of phosphoric acid groups is 1. The summed E-state index contributed by atoms with van der Waals surface area (Å²) in [5, 5.41) is 0. The van der Waals surface area contributed by atoms with Gasteiger partial charge in [-0.2, -0.15) is 0 Å². The van der Waals surface area contributed by atoms with Crippen LogP contribution < -0.4 is 0 Å². The summed E-state index contributed by atoms with van der Waals surface area (Å²) in [6.07, 6.45) is 0. The van der Waals surface area contributed by atoms with Crippen molar-refractivity contribution in [2.75, 3.05) is 0 Å². The van der Waals surface area contributed by atoms with Crippen molar-refractivity contribution in [1.29, 1.82) is 0 Å². The van der Waals surface area contributed by atoms with E-state index in [1.165, 1.54) is 0 Å². The van der Waals surface area contributed by atoms with Crippen LogP contribution in [0.2, 0.25) is 0 Å². The summed E-state index contributed by atoms with van der Waals surface area (Å²) in [5.74, 6) is 0. The summed E-state index contributed by atoms with van der Waals surface area (Å²) >= 11 is 0. The molecule has 0 aliphatic heterocycles. The normalized spacial score (nSPS) is 2.03. The Bertz CT molecular complexity index is 71.4. The van der Waals surface area contributed by atoms with Gasteiger partial charge in [-0.3, -0.25) is 0 Å². The summed E-state index contributed by atoms with van der Waals surface area (Å²) in [5.41, 5.74) is 0. The first-order valence-electron chi connectivity index (χ1n) is 0.783. The fourth-order valence-corrected chi connectivity index (χ4v) is 0. The van der Waals surface area contributed by atoms with E-state index < -0.39 is 7.82 Å². The molecule has 29 heteroatoms. The molecule has 0 fully saturated rings. The third-order valence-electron chi connectivity index (χ3n) is 0. The molecule has 0 aromatic carbocycles. The predicted octanol–water partition coefficient (Wildman–Crippen LogP) is -16.7. The van der Waals surface area contributed by atoms with Gasteiger partial charge in [0.2, 0.25) is 0 Å². The van der Waals surface area contributed by atoms with E-state index in [0.29, 0.717) is 0 Å². The van der Waals surface area contributed by atoms with Gasteiger partial charge in [0.05, 0.1) is 0 Å². The molecule has 0 saturated heterocycles. The summed E-state index contributed by atoms with van der Waals surface area (Å²) in [7, 11) is -4.64. The van der Waals surface area contributed by atoms with E-state index in [1.807, 2.05) is 0 Å². The van der Waals surface area contributed by atoms with Gasteiger partial charge in [-0.1, -0.05) is 0 Å². The van der Waals surface area contributed by atoms with Crippen LogP contribution in [-0.4, -0.2) is 113 Å². The van der Waals surface area contributed by atoms with Crippen LogP contribution in [0.1, 0.15) is 0 Å². The molecular weight excluding hydrogens is 1290 g/mol. The molecule has 0 aliphatic rings. The first-order chi connectivity index (χ1) is 2.00. The summed E-state index contributed by atoms with van der Waals surface area (Å²) in [4.78, 5) is 21.6. The minimum absolute atomic E-state index is 0. The molecule has 0 aromatic rings. The van der Waals surface area contributed by atoms with Crippen molar-refractivity contribution in [2.24, 2.45) is 0 Å². The summed E-state index contributed by atoms with van der Waals surface area (Å²) < 4.78 is 8.88. The van der Waals surface area contributed by atoms with Gasteiger partial charge in [0.15, 0.2) is 0 Å². The zero-order chi connectivity index (χ0) is 4.50. The minimum Gasteiger partial charge on any atom is -0.457 e. The Labute approximate surface area is 257 Å². The van der Waals surface area contributed by atoms with E-state index in [4.69, 9.17) is 19.2 Å². The van der Waals surface area contributed by atoms with Crippen LogP contribution in [0.15, 0.2) is 0 Å². The Kier molecular flexibility index (Phi) is 6070. The van der Waals surface area contributed by atoms with Crippen molar-refractivity contribution >= 4 is 7.82 Å². The van der Waals surface area contributed by atoms with Crippen LogP contribution in [0.4, 0.5) is 0 Å². The van der Waals surface area contributed by atoms with E-state index in [2.05, 4.69) is 0 Å². The van der Waals surface area contributed by atoms with E-state index in [-0.39, 0.29) is 233 Å². The molecule has 0 radical (unpaired) electrons. The molecule has 0 unspecified atom stereocenters. The maximum absolute atomic E-state index is 8.88. The van der Waals surface area contributed by atoms with Crippen LogP contribution in [-0.2, 0) is 139 Å². The number of hydrogen-bond acceptors (Lipinski definition) is 1. The number of hydrogen-bond donors (Lipinski definition) is 3. The van der Waals surface area contributed by atoms with Gasteiger partial charge in [-0.05, 0) is 0 Å². The Morgan fingerprint density at radius 2 is 0.310 bits per heavy atom. The van der Waals surface area contributed by atoms with E-state index >= 15 is 0 Å². The molecule has 0 saturated carbocycles. The van der Waals surface area contributed by atoms with E-state index in [1.54, 1.807) is 0 Å². The Hall–Kier alpha value is 3.70. The molecule has 23 nitrogen and oxygen atoms in total. The zero-order valence-corrected chi connectivity index (χ0v) is 33.1. The van der Waals surface area contributed by atoms with Gasteiger partial charge in [0.25, 0.3) is 0 Å². The molecule has 29 heavy (non-hydrogen) atoms. The molecule has 0 aliphatic carbocycles. The van der Waals surface area contributed by atoms with Gasteiger partial charge < -0.3 is 119 Å². The molecular formula is H42Hf5O23P+. The van der Waals surface area contributed by atoms with Crippen LogP contribution in [0.25, 0.3) is 0 Å². The molecule has 0 atom stereocenters. The fraction of sp³-hybridized carbons (Fsp3) is 0. The Morgan fingerprint density at radius 1 is 0.310 bits per heavy atom. The van der Waals surface area contributed by atoms with Gasteiger partial charge in [0, 0.05) is 129 Å². The third-order valence-corrected chi connectivity index (χ3v) is 0. The van der Waals surface area contributed by atoms with Crippen molar-refractivity contribution in [3.63, 3.8) is 0 Å². The van der Waals surface area contributed by atoms with Crippen LogP contribution in [0.3, 0.4) is 0 Å². The third kappa shape index (κ3) is 2040. The molecule has 42 N–H and O–H groups in total. The quantitative estimate of drug-likeness (QED) is 0.121. The summed E-state index contributed by atoms with van der Waals surface area (Å²) in [6, 6.07) is 0. The molecule has 0 bridgehead atoms. The van der Waals surface area contributed by atoms with Crippen molar-refractivity contribution < 1.29 is 253 Å². The molecule has 0 heterocycles. The standard InChI is InChI=1S/5Hf.H3O4P.19H2O/c;;;;;1-5(2,3)4;;;;;;;;;;;;;;;;;;;/h;;;;;(H3,1,2,3,4);19*1H2/p+1. The monoisotopic (exact) mass is 1340 g/mol. The van der Waals surface area contributed by atoms with Gasteiger partial charge >= 0.3 is 7.82 Å². The van der Waals surface area contributed by atoms with Crippen LogP contribution in [0, 0.1) is 0 Å². The van der Waals surface area contributed by atoms with E-state index in [9.17, 15) is 0 Å². The topological polar surface area (TPSA) is 678 Å². The zero-order valence-electron chi connectivity index (χ0n) is 14.3. The maximum Gasteiger partial charge on any atom is 0.466 e. The average molecular weight is 1330 g/mol.